The van der Waals surface area contributed by atoms with Crippen LogP contribution in [0, 0.1) is 13.8 Å². The van der Waals surface area contributed by atoms with Crippen molar-refractivity contribution in [1.82, 2.24) is 0 Å². The summed E-state index contributed by atoms with van der Waals surface area (Å²) in [6.07, 6.45) is 0. The third-order valence-corrected chi connectivity index (χ3v) is 6.03. The highest BCUT2D eigenvalue weighted by molar-refractivity contribution is 5.86. The molecule has 0 heterocycles. The van der Waals surface area contributed by atoms with E-state index in [-0.39, 0.29) is 0 Å². The van der Waals surface area contributed by atoms with Gasteiger partial charge in [-0.15, -0.1) is 0 Å². The maximum Gasteiger partial charge on any atom is 0.318 e. The van der Waals surface area contributed by atoms with E-state index in [9.17, 15) is 9.90 Å². The molecule has 0 saturated heterocycles. The Kier molecular flexibility index (Phi) is 6.18. The van der Waals surface area contributed by atoms with Gasteiger partial charge in [0.05, 0.1) is 0 Å². The molecule has 0 fully saturated rings. The lowest BCUT2D eigenvalue weighted by molar-refractivity contribution is -0.141. The second kappa shape index (κ2) is 9.21. The zero-order valence-electron chi connectivity index (χ0n) is 19.1. The molecule has 33 heavy (non-hydrogen) atoms. The summed E-state index contributed by atoms with van der Waals surface area (Å²) < 4.78 is 0. The molecule has 0 aliphatic rings. The lowest BCUT2D eigenvalue weighted by Gasteiger charge is -2.26. The van der Waals surface area contributed by atoms with E-state index in [4.69, 9.17) is 0 Å². The van der Waals surface area contributed by atoms with Crippen LogP contribution in [0.5, 0.6) is 0 Å². The van der Waals surface area contributed by atoms with Crippen molar-refractivity contribution >= 4 is 28.7 Å². The molecule has 0 bridgehead atoms. The quantitative estimate of drug-likeness (QED) is 0.287. The van der Waals surface area contributed by atoms with Gasteiger partial charge >= 0.3 is 5.97 Å². The van der Waals surface area contributed by atoms with E-state index in [1.807, 2.05) is 72.8 Å². The van der Waals surface area contributed by atoms with E-state index in [2.05, 4.69) is 48.7 Å². The highest BCUT2D eigenvalue weighted by Crippen LogP contribution is 2.34. The Morgan fingerprint density at radius 3 is 1.12 bits per heavy atom. The molecular weight excluding hydrogens is 408 g/mol. The van der Waals surface area contributed by atoms with Crippen molar-refractivity contribution in [2.24, 2.45) is 0 Å². The Morgan fingerprint density at radius 1 is 0.576 bits per heavy atom. The Hall–Kier alpha value is -4.05. The lowest BCUT2D eigenvalue weighted by atomic mass is 9.76. The molecule has 4 aromatic carbocycles. The number of hydrogen-bond acceptors (Lipinski definition) is 3. The third kappa shape index (κ3) is 4.90. The van der Waals surface area contributed by atoms with Gasteiger partial charge in [0.2, 0.25) is 0 Å². The van der Waals surface area contributed by atoms with Crippen molar-refractivity contribution in [2.75, 3.05) is 10.6 Å². The largest absolute Gasteiger partial charge is 0.480 e. The van der Waals surface area contributed by atoms with Crippen LogP contribution in [0.2, 0.25) is 0 Å². The minimum atomic E-state index is -1.16. The number of carboxylic acid groups (broad SMARTS) is 1. The standard InChI is InChI=1S/C29H28N2O2/c1-20-4-12-24(13-5-20)30-26-16-8-22(9-17-26)29(3,28(32)33)23-10-18-27(19-11-23)31-25-14-6-21(2)7-15-25/h4-19,30-31H,1-3H3,(H,32,33). The van der Waals surface area contributed by atoms with E-state index in [1.54, 1.807) is 6.92 Å². The fraction of sp³-hybridized carbons (Fsp3) is 0.138. The summed E-state index contributed by atoms with van der Waals surface area (Å²) in [6, 6.07) is 31.5. The number of nitrogens with one attached hydrogen (secondary N) is 2. The molecule has 0 atom stereocenters. The summed E-state index contributed by atoms with van der Waals surface area (Å²) in [4.78, 5) is 12.4. The van der Waals surface area contributed by atoms with Crippen molar-refractivity contribution < 1.29 is 9.90 Å². The van der Waals surface area contributed by atoms with Crippen molar-refractivity contribution in [3.05, 3.63) is 119 Å². The fourth-order valence-corrected chi connectivity index (χ4v) is 3.79. The Balaban J connectivity index is 1.55. The van der Waals surface area contributed by atoms with Crippen LogP contribution in [-0.2, 0) is 10.2 Å². The second-order valence-corrected chi connectivity index (χ2v) is 8.57. The predicted octanol–water partition coefficient (Wildman–Crippen LogP) is 7.18. The highest BCUT2D eigenvalue weighted by Gasteiger charge is 2.37. The maximum atomic E-state index is 12.4. The van der Waals surface area contributed by atoms with Crippen molar-refractivity contribution in [1.29, 1.82) is 0 Å². The molecule has 166 valence electrons. The van der Waals surface area contributed by atoms with E-state index in [1.165, 1.54) is 11.1 Å². The molecule has 4 heteroatoms. The van der Waals surface area contributed by atoms with Crippen molar-refractivity contribution in [3.63, 3.8) is 0 Å². The molecule has 0 aliphatic carbocycles. The number of anilines is 4. The van der Waals surface area contributed by atoms with E-state index >= 15 is 0 Å². The highest BCUT2D eigenvalue weighted by atomic mass is 16.4. The minimum absolute atomic E-state index is 0.726. The zero-order chi connectivity index (χ0) is 23.4. The van der Waals surface area contributed by atoms with Crippen LogP contribution >= 0.6 is 0 Å². The number of benzene rings is 4. The average Bonchev–Trinajstić information content (AvgIpc) is 2.82. The van der Waals surface area contributed by atoms with Gasteiger partial charge in [0.15, 0.2) is 0 Å². The molecule has 0 unspecified atom stereocenters. The first-order chi connectivity index (χ1) is 15.8. The minimum Gasteiger partial charge on any atom is -0.480 e. The second-order valence-electron chi connectivity index (χ2n) is 8.57. The summed E-state index contributed by atoms with van der Waals surface area (Å²) in [5.41, 5.74) is 6.50. The molecule has 0 radical (unpaired) electrons. The first-order valence-electron chi connectivity index (χ1n) is 11.0. The molecule has 4 nitrogen and oxygen atoms in total. The van der Waals surface area contributed by atoms with E-state index in [0.29, 0.717) is 0 Å². The van der Waals surface area contributed by atoms with Crippen molar-refractivity contribution in [3.8, 4) is 0 Å². The molecule has 3 N–H and O–H groups in total. The number of hydrogen-bond donors (Lipinski definition) is 3. The molecule has 0 amide bonds. The lowest BCUT2D eigenvalue weighted by Crippen LogP contribution is -2.33. The SMILES string of the molecule is Cc1ccc(Nc2ccc(C(C)(C(=O)O)c3ccc(Nc4ccc(C)cc4)cc3)cc2)cc1. The summed E-state index contributed by atoms with van der Waals surface area (Å²) in [7, 11) is 0. The van der Waals surface area contributed by atoms with Crippen LogP contribution in [0.3, 0.4) is 0 Å². The Morgan fingerprint density at radius 2 is 0.848 bits per heavy atom. The average molecular weight is 437 g/mol. The number of carbonyl (C=O) groups is 1. The summed E-state index contributed by atoms with van der Waals surface area (Å²) in [5.74, 6) is -0.888. The Labute approximate surface area is 194 Å². The van der Waals surface area contributed by atoms with Crippen LogP contribution in [-0.4, -0.2) is 11.1 Å². The van der Waals surface area contributed by atoms with Gasteiger partial charge in [-0.25, -0.2) is 0 Å². The van der Waals surface area contributed by atoms with Crippen LogP contribution < -0.4 is 10.6 Å². The molecule has 0 aliphatic heterocycles. The first kappa shape index (κ1) is 22.2. The van der Waals surface area contributed by atoms with E-state index in [0.717, 1.165) is 33.9 Å². The van der Waals surface area contributed by atoms with Gasteiger partial charge < -0.3 is 15.7 Å². The first-order valence-corrected chi connectivity index (χ1v) is 11.0. The van der Waals surface area contributed by atoms with Gasteiger partial charge in [-0.3, -0.25) is 4.79 Å². The van der Waals surface area contributed by atoms with E-state index < -0.39 is 11.4 Å². The topological polar surface area (TPSA) is 61.4 Å². The Bertz CT molecular complexity index is 1140. The van der Waals surface area contributed by atoms with Gasteiger partial charge in [0.1, 0.15) is 5.41 Å². The van der Waals surface area contributed by atoms with Crippen molar-refractivity contribution in [2.45, 2.75) is 26.2 Å². The van der Waals surface area contributed by atoms with Crippen LogP contribution in [0.1, 0.15) is 29.2 Å². The van der Waals surface area contributed by atoms with Crippen LogP contribution in [0.25, 0.3) is 0 Å². The number of aliphatic carboxylic acids is 1. The van der Waals surface area contributed by atoms with Gasteiger partial charge in [-0.05, 0) is 80.4 Å². The van der Waals surface area contributed by atoms with Gasteiger partial charge in [-0.1, -0.05) is 59.7 Å². The molecule has 0 spiro atoms. The number of carboxylic acids is 1. The van der Waals surface area contributed by atoms with Gasteiger partial charge in [0.25, 0.3) is 0 Å². The monoisotopic (exact) mass is 436 g/mol. The van der Waals surface area contributed by atoms with Gasteiger partial charge in [-0.2, -0.15) is 0 Å². The summed E-state index contributed by atoms with van der Waals surface area (Å²) in [6.45, 7) is 5.85. The van der Waals surface area contributed by atoms with Crippen LogP contribution in [0.15, 0.2) is 97.1 Å². The number of aryl methyl sites for hydroxylation is 2. The van der Waals surface area contributed by atoms with Gasteiger partial charge in [0, 0.05) is 22.7 Å². The maximum absolute atomic E-state index is 12.4. The third-order valence-electron chi connectivity index (χ3n) is 6.03. The molecule has 4 rings (SSSR count). The predicted molar refractivity (Wildman–Crippen MR) is 136 cm³/mol. The smallest absolute Gasteiger partial charge is 0.318 e. The zero-order valence-corrected chi connectivity index (χ0v) is 19.1. The molecule has 0 aromatic heterocycles. The summed E-state index contributed by atoms with van der Waals surface area (Å²) in [5, 5.41) is 16.9. The normalized spacial score (nSPS) is 11.1. The fourth-order valence-electron chi connectivity index (χ4n) is 3.79. The van der Waals surface area contributed by atoms with Crippen LogP contribution in [0.4, 0.5) is 22.7 Å². The number of rotatable bonds is 7. The molecule has 4 aromatic rings. The summed E-state index contributed by atoms with van der Waals surface area (Å²) >= 11 is 0. The molecule has 0 saturated carbocycles. The molecular formula is C29H28N2O2.